The van der Waals surface area contributed by atoms with Crippen molar-refractivity contribution in [1.29, 1.82) is 0 Å². The molecule has 0 radical (unpaired) electrons. The summed E-state index contributed by atoms with van der Waals surface area (Å²) < 4.78 is 27.0. The zero-order chi connectivity index (χ0) is 22.4. The Labute approximate surface area is 185 Å². The van der Waals surface area contributed by atoms with Crippen molar-refractivity contribution in [3.05, 3.63) is 59.0 Å². The van der Waals surface area contributed by atoms with Crippen LogP contribution < -0.4 is 23.7 Å². The molecule has 0 N–H and O–H groups in total. The molecular formula is C24H24O6S. The molecule has 0 unspecified atom stereocenters. The number of methoxy groups -OCH3 is 5. The molecule has 0 saturated carbocycles. The Bertz CT molecular complexity index is 1060. The second-order valence-electron chi connectivity index (χ2n) is 6.38. The Hall–Kier alpha value is -3.45. The van der Waals surface area contributed by atoms with Crippen LogP contribution in [0.15, 0.2) is 47.9 Å². The molecule has 3 aromatic rings. The first-order valence-electron chi connectivity index (χ1n) is 9.38. The molecule has 0 spiro atoms. The fourth-order valence-electron chi connectivity index (χ4n) is 3.16. The summed E-state index contributed by atoms with van der Waals surface area (Å²) in [6.07, 6.45) is 3.21. The lowest BCUT2D eigenvalue weighted by Gasteiger charge is -2.13. The summed E-state index contributed by atoms with van der Waals surface area (Å²) in [6, 6.07) is 11.0. The van der Waals surface area contributed by atoms with Crippen LogP contribution in [-0.4, -0.2) is 41.3 Å². The van der Waals surface area contributed by atoms with Gasteiger partial charge in [0.1, 0.15) is 11.5 Å². The quantitative estimate of drug-likeness (QED) is 0.330. The summed E-state index contributed by atoms with van der Waals surface area (Å²) in [6.45, 7) is 0. The zero-order valence-corrected chi connectivity index (χ0v) is 18.9. The molecule has 0 aliphatic carbocycles. The Morgan fingerprint density at radius 2 is 1.45 bits per heavy atom. The number of rotatable bonds is 9. The van der Waals surface area contributed by atoms with Gasteiger partial charge in [0.05, 0.1) is 35.5 Å². The van der Waals surface area contributed by atoms with Gasteiger partial charge in [0, 0.05) is 27.6 Å². The van der Waals surface area contributed by atoms with Crippen molar-refractivity contribution in [2.45, 2.75) is 0 Å². The predicted molar refractivity (Wildman–Crippen MR) is 122 cm³/mol. The Kier molecular flexibility index (Phi) is 7.20. The molecule has 6 nitrogen and oxygen atoms in total. The van der Waals surface area contributed by atoms with E-state index in [1.54, 1.807) is 43.8 Å². The van der Waals surface area contributed by atoms with Crippen LogP contribution in [0.3, 0.4) is 0 Å². The topological polar surface area (TPSA) is 63.2 Å². The molecule has 31 heavy (non-hydrogen) atoms. The van der Waals surface area contributed by atoms with Crippen LogP contribution in [-0.2, 0) is 0 Å². The van der Waals surface area contributed by atoms with Crippen molar-refractivity contribution in [2.24, 2.45) is 0 Å². The molecular weight excluding hydrogens is 416 g/mol. The molecule has 2 aromatic carbocycles. The Morgan fingerprint density at radius 3 is 1.97 bits per heavy atom. The second kappa shape index (κ2) is 10.0. The lowest BCUT2D eigenvalue weighted by atomic mass is 10.0. The molecule has 0 amide bonds. The Balaban J connectivity index is 1.99. The van der Waals surface area contributed by atoms with Gasteiger partial charge in [-0.25, -0.2) is 0 Å². The van der Waals surface area contributed by atoms with E-state index in [-0.39, 0.29) is 5.78 Å². The van der Waals surface area contributed by atoms with Gasteiger partial charge in [-0.15, -0.1) is 11.3 Å². The molecule has 0 aliphatic heterocycles. The monoisotopic (exact) mass is 440 g/mol. The van der Waals surface area contributed by atoms with Crippen LogP contribution in [0.25, 0.3) is 16.5 Å². The van der Waals surface area contributed by atoms with Crippen molar-refractivity contribution in [1.82, 2.24) is 0 Å². The third kappa shape index (κ3) is 4.67. The highest BCUT2D eigenvalue weighted by molar-refractivity contribution is 7.13. The molecule has 0 atom stereocenters. The van der Waals surface area contributed by atoms with Gasteiger partial charge in [-0.05, 0) is 41.8 Å². The van der Waals surface area contributed by atoms with Gasteiger partial charge in [-0.3, -0.25) is 4.79 Å². The van der Waals surface area contributed by atoms with E-state index in [0.717, 1.165) is 16.0 Å². The third-order valence-corrected chi connectivity index (χ3v) is 5.61. The average molecular weight is 441 g/mol. The smallest absolute Gasteiger partial charge is 0.203 e. The molecule has 7 heteroatoms. The fraction of sp³-hybridized carbons (Fsp3) is 0.208. The maximum absolute atomic E-state index is 12.9. The van der Waals surface area contributed by atoms with Gasteiger partial charge in [-0.1, -0.05) is 6.07 Å². The number of hydrogen-bond donors (Lipinski definition) is 0. The summed E-state index contributed by atoms with van der Waals surface area (Å²) in [5, 5.41) is 2.00. The second-order valence-corrected chi connectivity index (χ2v) is 7.33. The van der Waals surface area contributed by atoms with Crippen LogP contribution in [0.1, 0.15) is 15.9 Å². The highest BCUT2D eigenvalue weighted by atomic mass is 32.1. The van der Waals surface area contributed by atoms with E-state index >= 15 is 0 Å². The maximum Gasteiger partial charge on any atom is 0.203 e. The van der Waals surface area contributed by atoms with E-state index in [2.05, 4.69) is 0 Å². The normalized spacial score (nSPS) is 10.7. The first-order chi connectivity index (χ1) is 15.1. The first kappa shape index (κ1) is 22.2. The molecule has 0 fully saturated rings. The van der Waals surface area contributed by atoms with E-state index in [9.17, 15) is 4.79 Å². The van der Waals surface area contributed by atoms with Gasteiger partial charge < -0.3 is 23.7 Å². The van der Waals surface area contributed by atoms with Gasteiger partial charge >= 0.3 is 0 Å². The van der Waals surface area contributed by atoms with Crippen molar-refractivity contribution in [3.8, 4) is 39.2 Å². The van der Waals surface area contributed by atoms with E-state index in [1.807, 2.05) is 29.6 Å². The van der Waals surface area contributed by atoms with Crippen molar-refractivity contribution < 1.29 is 28.5 Å². The summed E-state index contributed by atoms with van der Waals surface area (Å²) in [5.74, 6) is 2.36. The van der Waals surface area contributed by atoms with Crippen LogP contribution in [0, 0.1) is 0 Å². The Morgan fingerprint density at radius 1 is 0.806 bits per heavy atom. The highest BCUT2D eigenvalue weighted by Gasteiger charge is 2.17. The minimum atomic E-state index is -0.213. The minimum Gasteiger partial charge on any atom is -0.496 e. The van der Waals surface area contributed by atoms with Crippen LogP contribution in [0.5, 0.6) is 28.7 Å². The minimum absolute atomic E-state index is 0.213. The largest absolute Gasteiger partial charge is 0.496 e. The fourth-order valence-corrected chi connectivity index (χ4v) is 3.91. The van der Waals surface area contributed by atoms with Crippen LogP contribution in [0.2, 0.25) is 0 Å². The van der Waals surface area contributed by atoms with Crippen molar-refractivity contribution in [2.75, 3.05) is 35.5 Å². The SMILES string of the molecule is COc1cc(OC)c(-c2cccs2)cc1C=CC(=O)c1cc(OC)c(OC)c(OC)c1. The molecule has 1 heterocycles. The number of hydrogen-bond acceptors (Lipinski definition) is 7. The van der Waals surface area contributed by atoms with Crippen molar-refractivity contribution >= 4 is 23.2 Å². The molecule has 0 saturated heterocycles. The molecule has 162 valence electrons. The molecule has 1 aromatic heterocycles. The standard InChI is InChI=1S/C24H24O6S/c1-26-19-14-20(27-2)17(23-7-6-10-31-23)11-15(19)8-9-18(25)16-12-21(28-3)24(30-5)22(13-16)29-4/h6-14H,1-5H3. The number of ether oxygens (including phenoxy) is 5. The van der Waals surface area contributed by atoms with Crippen molar-refractivity contribution in [3.63, 3.8) is 0 Å². The number of thiophene rings is 1. The van der Waals surface area contributed by atoms with Gasteiger partial charge in [0.25, 0.3) is 0 Å². The maximum atomic E-state index is 12.9. The lowest BCUT2D eigenvalue weighted by Crippen LogP contribution is -2.00. The average Bonchev–Trinajstić information content (AvgIpc) is 3.35. The number of allylic oxidation sites excluding steroid dienone is 1. The summed E-state index contributed by atoms with van der Waals surface area (Å²) in [4.78, 5) is 13.9. The highest BCUT2D eigenvalue weighted by Crippen LogP contribution is 2.40. The van der Waals surface area contributed by atoms with E-state index in [0.29, 0.717) is 34.3 Å². The molecule has 3 rings (SSSR count). The van der Waals surface area contributed by atoms with Crippen LogP contribution in [0.4, 0.5) is 0 Å². The molecule has 0 bridgehead atoms. The summed E-state index contributed by atoms with van der Waals surface area (Å²) >= 11 is 1.61. The van der Waals surface area contributed by atoms with E-state index < -0.39 is 0 Å². The predicted octanol–water partition coefficient (Wildman–Crippen LogP) is 5.35. The lowest BCUT2D eigenvalue weighted by molar-refractivity contribution is 0.104. The van der Waals surface area contributed by atoms with Gasteiger partial charge in [0.2, 0.25) is 5.75 Å². The number of carbonyl (C=O) groups excluding carboxylic acids is 1. The number of carbonyl (C=O) groups is 1. The van der Waals surface area contributed by atoms with Crippen LogP contribution >= 0.6 is 11.3 Å². The van der Waals surface area contributed by atoms with E-state index in [1.165, 1.54) is 27.4 Å². The van der Waals surface area contributed by atoms with Gasteiger partial charge in [0.15, 0.2) is 17.3 Å². The van der Waals surface area contributed by atoms with E-state index in [4.69, 9.17) is 23.7 Å². The number of ketones is 1. The summed E-state index contributed by atoms with van der Waals surface area (Å²) in [5.41, 5.74) is 2.10. The third-order valence-electron chi connectivity index (χ3n) is 4.70. The first-order valence-corrected chi connectivity index (χ1v) is 10.3. The van der Waals surface area contributed by atoms with Gasteiger partial charge in [-0.2, -0.15) is 0 Å². The zero-order valence-electron chi connectivity index (χ0n) is 18.1. The summed E-state index contributed by atoms with van der Waals surface area (Å²) in [7, 11) is 7.74. The number of benzene rings is 2. The molecule has 0 aliphatic rings.